The standard InChI is InChI=1S/C13H19N3OS/c1-3-16-10-15-8-12(16)9-18(17)13(2)6-4-11(14)5-7-13/h4-6,8,10H,3,7,9,14H2,1-2H3. The second-order valence-electron chi connectivity index (χ2n) is 4.72. The van der Waals surface area contributed by atoms with Gasteiger partial charge in [-0.3, -0.25) is 4.21 Å². The first-order valence-electron chi connectivity index (χ1n) is 6.07. The molecule has 0 fully saturated rings. The van der Waals surface area contributed by atoms with Gasteiger partial charge in [0.25, 0.3) is 0 Å². The summed E-state index contributed by atoms with van der Waals surface area (Å²) in [6.45, 7) is 4.92. The fourth-order valence-corrected chi connectivity index (χ4v) is 3.28. The number of imidazole rings is 1. The molecule has 0 aliphatic heterocycles. The first kappa shape index (κ1) is 13.1. The minimum absolute atomic E-state index is 0.328. The molecule has 0 radical (unpaired) electrons. The Labute approximate surface area is 110 Å². The predicted molar refractivity (Wildman–Crippen MR) is 74.2 cm³/mol. The predicted octanol–water partition coefficient (Wildman–Crippen LogP) is 1.71. The van der Waals surface area contributed by atoms with Gasteiger partial charge in [0.05, 0.1) is 16.8 Å². The average Bonchev–Trinajstić information content (AvgIpc) is 2.80. The van der Waals surface area contributed by atoms with Crippen molar-refractivity contribution in [1.82, 2.24) is 9.55 Å². The van der Waals surface area contributed by atoms with E-state index >= 15 is 0 Å². The molecular formula is C13H19N3OS. The second-order valence-corrected chi connectivity index (χ2v) is 6.63. The molecule has 98 valence electrons. The molecule has 1 aliphatic carbocycles. The molecular weight excluding hydrogens is 246 g/mol. The summed E-state index contributed by atoms with van der Waals surface area (Å²) in [6.07, 6.45) is 10.0. The first-order valence-corrected chi connectivity index (χ1v) is 7.39. The van der Waals surface area contributed by atoms with E-state index in [4.69, 9.17) is 5.73 Å². The van der Waals surface area contributed by atoms with Gasteiger partial charge in [-0.05, 0) is 26.3 Å². The van der Waals surface area contributed by atoms with Crippen LogP contribution in [0.3, 0.4) is 0 Å². The zero-order valence-electron chi connectivity index (χ0n) is 10.8. The molecule has 4 nitrogen and oxygen atoms in total. The lowest BCUT2D eigenvalue weighted by Crippen LogP contribution is -2.31. The largest absolute Gasteiger partial charge is 0.399 e. The van der Waals surface area contributed by atoms with Crippen molar-refractivity contribution in [2.24, 2.45) is 5.73 Å². The Morgan fingerprint density at radius 1 is 1.61 bits per heavy atom. The van der Waals surface area contributed by atoms with Crippen LogP contribution in [-0.4, -0.2) is 18.5 Å². The van der Waals surface area contributed by atoms with Crippen LogP contribution in [0.5, 0.6) is 0 Å². The van der Waals surface area contributed by atoms with Crippen LogP contribution in [0, 0.1) is 0 Å². The van der Waals surface area contributed by atoms with E-state index in [2.05, 4.69) is 11.9 Å². The third kappa shape index (κ3) is 2.56. The highest BCUT2D eigenvalue weighted by Gasteiger charge is 2.30. The van der Waals surface area contributed by atoms with Gasteiger partial charge in [-0.15, -0.1) is 0 Å². The fraction of sp³-hybridized carbons (Fsp3) is 0.462. The van der Waals surface area contributed by atoms with E-state index in [-0.39, 0.29) is 4.75 Å². The van der Waals surface area contributed by atoms with E-state index in [0.29, 0.717) is 5.75 Å². The highest BCUT2D eigenvalue weighted by molar-refractivity contribution is 7.85. The third-order valence-corrected chi connectivity index (χ3v) is 5.21. The molecule has 1 aromatic heterocycles. The topological polar surface area (TPSA) is 60.9 Å². The molecule has 2 atom stereocenters. The van der Waals surface area contributed by atoms with Crippen molar-refractivity contribution in [1.29, 1.82) is 0 Å². The highest BCUT2D eigenvalue weighted by Crippen LogP contribution is 2.27. The van der Waals surface area contributed by atoms with Gasteiger partial charge < -0.3 is 10.3 Å². The Morgan fingerprint density at radius 3 is 3.00 bits per heavy atom. The lowest BCUT2D eigenvalue weighted by Gasteiger charge is -2.26. The van der Waals surface area contributed by atoms with Gasteiger partial charge in [0.1, 0.15) is 0 Å². The number of aryl methyl sites for hydroxylation is 1. The maximum atomic E-state index is 12.5. The Balaban J connectivity index is 2.11. The van der Waals surface area contributed by atoms with Crippen molar-refractivity contribution < 1.29 is 4.21 Å². The molecule has 2 N–H and O–H groups in total. The van der Waals surface area contributed by atoms with Gasteiger partial charge in [0.15, 0.2) is 0 Å². The molecule has 2 unspecified atom stereocenters. The van der Waals surface area contributed by atoms with Crippen LogP contribution in [0.15, 0.2) is 36.4 Å². The van der Waals surface area contributed by atoms with Crippen molar-refractivity contribution in [2.45, 2.75) is 37.3 Å². The normalized spacial score (nSPS) is 24.9. The highest BCUT2D eigenvalue weighted by atomic mass is 32.2. The summed E-state index contributed by atoms with van der Waals surface area (Å²) in [7, 11) is -0.976. The lowest BCUT2D eigenvalue weighted by atomic mass is 10.0. The van der Waals surface area contributed by atoms with E-state index < -0.39 is 10.8 Å². The number of hydrogen-bond donors (Lipinski definition) is 1. The molecule has 18 heavy (non-hydrogen) atoms. The average molecular weight is 265 g/mol. The monoisotopic (exact) mass is 265 g/mol. The summed E-state index contributed by atoms with van der Waals surface area (Å²) in [5.74, 6) is 0.530. The van der Waals surface area contributed by atoms with E-state index in [1.165, 1.54) is 0 Å². The summed E-state index contributed by atoms with van der Waals surface area (Å²) < 4.78 is 14.2. The molecule has 2 rings (SSSR count). The fourth-order valence-electron chi connectivity index (χ4n) is 1.95. The Morgan fingerprint density at radius 2 is 2.39 bits per heavy atom. The second kappa shape index (κ2) is 5.10. The molecule has 0 saturated carbocycles. The van der Waals surface area contributed by atoms with Crippen LogP contribution in [0.1, 0.15) is 26.0 Å². The summed E-state index contributed by atoms with van der Waals surface area (Å²) >= 11 is 0. The third-order valence-electron chi connectivity index (χ3n) is 3.31. The van der Waals surface area contributed by atoms with Crippen LogP contribution in [0.25, 0.3) is 0 Å². The number of rotatable bonds is 4. The summed E-state index contributed by atoms with van der Waals surface area (Å²) in [6, 6.07) is 0. The number of nitrogens with two attached hydrogens (primary N) is 1. The van der Waals surface area contributed by atoms with Gasteiger partial charge in [0.2, 0.25) is 0 Å². The number of aromatic nitrogens is 2. The molecule has 0 saturated heterocycles. The smallest absolute Gasteiger partial charge is 0.0948 e. The number of allylic oxidation sites excluding steroid dienone is 2. The van der Waals surface area contributed by atoms with Crippen molar-refractivity contribution in [3.05, 3.63) is 42.1 Å². The number of hydrogen-bond acceptors (Lipinski definition) is 3. The zero-order valence-corrected chi connectivity index (χ0v) is 11.6. The lowest BCUT2D eigenvalue weighted by molar-refractivity contribution is 0.644. The van der Waals surface area contributed by atoms with Crippen molar-refractivity contribution in [3.8, 4) is 0 Å². The van der Waals surface area contributed by atoms with Crippen molar-refractivity contribution >= 4 is 10.8 Å². The van der Waals surface area contributed by atoms with Gasteiger partial charge in [-0.2, -0.15) is 0 Å². The molecule has 0 bridgehead atoms. The van der Waals surface area contributed by atoms with Crippen molar-refractivity contribution in [2.75, 3.05) is 0 Å². The SMILES string of the molecule is CCn1cncc1CS(=O)C1(C)C=CC(N)=CC1. The molecule has 0 amide bonds. The van der Waals surface area contributed by atoms with E-state index in [1.807, 2.05) is 29.7 Å². The zero-order chi connectivity index (χ0) is 13.2. The molecule has 1 aromatic rings. The van der Waals surface area contributed by atoms with Gasteiger partial charge in [-0.1, -0.05) is 12.2 Å². The van der Waals surface area contributed by atoms with Crippen LogP contribution in [0.4, 0.5) is 0 Å². The van der Waals surface area contributed by atoms with Crippen LogP contribution >= 0.6 is 0 Å². The minimum Gasteiger partial charge on any atom is -0.399 e. The molecule has 1 aliphatic rings. The van der Waals surface area contributed by atoms with E-state index in [1.54, 1.807) is 12.5 Å². The van der Waals surface area contributed by atoms with Gasteiger partial charge in [0, 0.05) is 34.9 Å². The van der Waals surface area contributed by atoms with E-state index in [0.717, 1.165) is 24.4 Å². The Bertz CT molecular complexity index is 518. The molecule has 1 heterocycles. The maximum Gasteiger partial charge on any atom is 0.0948 e. The number of nitrogens with zero attached hydrogens (tertiary/aromatic N) is 2. The summed E-state index contributed by atoms with van der Waals surface area (Å²) in [5, 5.41) is 0. The van der Waals surface area contributed by atoms with Gasteiger partial charge >= 0.3 is 0 Å². The molecule has 0 aromatic carbocycles. The molecule has 0 spiro atoms. The van der Waals surface area contributed by atoms with Crippen LogP contribution in [-0.2, 0) is 23.1 Å². The Kier molecular flexibility index (Phi) is 3.71. The minimum atomic E-state index is -0.976. The first-order chi connectivity index (χ1) is 8.55. The van der Waals surface area contributed by atoms with Gasteiger partial charge in [-0.25, -0.2) is 4.98 Å². The quantitative estimate of drug-likeness (QED) is 0.901. The van der Waals surface area contributed by atoms with Crippen LogP contribution in [0.2, 0.25) is 0 Å². The summed E-state index contributed by atoms with van der Waals surface area (Å²) in [4.78, 5) is 4.10. The van der Waals surface area contributed by atoms with Crippen molar-refractivity contribution in [3.63, 3.8) is 0 Å². The maximum absolute atomic E-state index is 12.5. The summed E-state index contributed by atoms with van der Waals surface area (Å²) in [5.41, 5.74) is 7.47. The Hall–Kier alpha value is -1.36. The molecule has 5 heteroatoms. The van der Waals surface area contributed by atoms with E-state index in [9.17, 15) is 4.21 Å². The van der Waals surface area contributed by atoms with Crippen LogP contribution < -0.4 is 5.73 Å².